The second-order valence-electron chi connectivity index (χ2n) is 6.27. The monoisotopic (exact) mass is 387 g/mol. The van der Waals surface area contributed by atoms with Gasteiger partial charge in [0.15, 0.2) is 0 Å². The predicted molar refractivity (Wildman–Crippen MR) is 107 cm³/mol. The van der Waals surface area contributed by atoms with Crippen molar-refractivity contribution in [3.63, 3.8) is 0 Å². The quantitative estimate of drug-likeness (QED) is 0.635. The minimum Gasteiger partial charge on any atom is -0.497 e. The van der Waals surface area contributed by atoms with Crippen molar-refractivity contribution in [3.05, 3.63) is 58.1 Å². The topological polar surface area (TPSA) is 39.1 Å². The van der Waals surface area contributed by atoms with Crippen LogP contribution >= 0.6 is 23.2 Å². The zero-order valence-electron chi connectivity index (χ0n) is 14.4. The van der Waals surface area contributed by atoms with Crippen LogP contribution in [-0.4, -0.2) is 23.4 Å². The molecule has 0 unspecified atom stereocenters. The number of benzene rings is 2. The number of nitrogens with one attached hydrogen (secondary N) is 1. The van der Waals surface area contributed by atoms with E-state index in [1.165, 1.54) is 5.56 Å². The third-order valence-corrected chi connectivity index (χ3v) is 5.46. The first-order valence-corrected chi connectivity index (χ1v) is 9.39. The number of rotatable bonds is 3. The van der Waals surface area contributed by atoms with Crippen LogP contribution < -0.4 is 10.1 Å². The molecule has 6 heteroatoms. The minimum absolute atomic E-state index is 0.506. The summed E-state index contributed by atoms with van der Waals surface area (Å²) < 4.78 is 7.15. The van der Waals surface area contributed by atoms with Crippen LogP contribution in [0.25, 0.3) is 16.9 Å². The second kappa shape index (κ2) is 7.22. The molecule has 0 saturated carbocycles. The first-order valence-electron chi connectivity index (χ1n) is 8.63. The summed E-state index contributed by atoms with van der Waals surface area (Å²) in [5, 5.41) is 9.45. The summed E-state index contributed by atoms with van der Waals surface area (Å²) in [6, 6.07) is 13.6. The molecule has 1 aromatic heterocycles. The summed E-state index contributed by atoms with van der Waals surface area (Å²) in [5.74, 6) is 1.83. The average molecular weight is 388 g/mol. The van der Waals surface area contributed by atoms with E-state index in [-0.39, 0.29) is 0 Å². The molecule has 0 bridgehead atoms. The van der Waals surface area contributed by atoms with E-state index in [9.17, 15) is 0 Å². The molecule has 26 heavy (non-hydrogen) atoms. The Labute approximate surface area is 162 Å². The van der Waals surface area contributed by atoms with Crippen molar-refractivity contribution in [1.29, 1.82) is 0 Å². The van der Waals surface area contributed by atoms with E-state index in [0.717, 1.165) is 54.3 Å². The maximum Gasteiger partial charge on any atom is 0.133 e. The Bertz CT molecular complexity index is 935. The maximum atomic E-state index is 6.47. The summed E-state index contributed by atoms with van der Waals surface area (Å²) in [6.07, 6.45) is 3.22. The number of methoxy groups -OCH3 is 1. The lowest BCUT2D eigenvalue weighted by Crippen LogP contribution is -2.07. The van der Waals surface area contributed by atoms with Gasteiger partial charge in [-0.25, -0.2) is 4.68 Å². The molecule has 0 spiro atoms. The molecule has 4 nitrogen and oxygen atoms in total. The highest BCUT2D eigenvalue weighted by Gasteiger charge is 2.23. The van der Waals surface area contributed by atoms with Gasteiger partial charge in [-0.1, -0.05) is 29.3 Å². The van der Waals surface area contributed by atoms with Gasteiger partial charge in [0.05, 0.1) is 28.5 Å². The molecule has 0 aliphatic carbocycles. The van der Waals surface area contributed by atoms with Crippen LogP contribution in [0.3, 0.4) is 0 Å². The largest absolute Gasteiger partial charge is 0.497 e. The third kappa shape index (κ3) is 3.04. The second-order valence-corrected chi connectivity index (χ2v) is 7.06. The Hall–Kier alpha value is -2.17. The van der Waals surface area contributed by atoms with E-state index < -0.39 is 0 Å². The van der Waals surface area contributed by atoms with Gasteiger partial charge in [-0.15, -0.1) is 0 Å². The van der Waals surface area contributed by atoms with Gasteiger partial charge in [0.25, 0.3) is 0 Å². The van der Waals surface area contributed by atoms with E-state index in [1.54, 1.807) is 13.2 Å². The SMILES string of the molecule is COc1ccc(-c2nn(-c3cccc(Cl)c3Cl)c3c2CCCCN3)cc1. The van der Waals surface area contributed by atoms with Crippen LogP contribution in [0.2, 0.25) is 10.0 Å². The number of hydrogen-bond acceptors (Lipinski definition) is 3. The van der Waals surface area contributed by atoms with Crippen molar-refractivity contribution in [3.8, 4) is 22.7 Å². The molecule has 3 aromatic rings. The first kappa shape index (κ1) is 17.3. The molecule has 2 aromatic carbocycles. The molecule has 0 atom stereocenters. The smallest absolute Gasteiger partial charge is 0.133 e. The van der Waals surface area contributed by atoms with Crippen LogP contribution in [0.5, 0.6) is 5.75 Å². The Morgan fingerprint density at radius 3 is 2.65 bits per heavy atom. The molecule has 1 aliphatic rings. The molecule has 2 heterocycles. The molecule has 1 aliphatic heterocycles. The number of anilines is 1. The highest BCUT2D eigenvalue weighted by Crippen LogP contribution is 2.37. The van der Waals surface area contributed by atoms with Crippen molar-refractivity contribution < 1.29 is 4.74 Å². The molecular weight excluding hydrogens is 369 g/mol. The Morgan fingerprint density at radius 2 is 1.88 bits per heavy atom. The Balaban J connectivity index is 1.90. The van der Waals surface area contributed by atoms with Gasteiger partial charge >= 0.3 is 0 Å². The van der Waals surface area contributed by atoms with E-state index in [4.69, 9.17) is 33.0 Å². The van der Waals surface area contributed by atoms with Crippen molar-refractivity contribution in [2.75, 3.05) is 19.0 Å². The highest BCUT2D eigenvalue weighted by molar-refractivity contribution is 6.43. The molecule has 0 amide bonds. The van der Waals surface area contributed by atoms with E-state index in [1.807, 2.05) is 41.1 Å². The lowest BCUT2D eigenvalue weighted by molar-refractivity contribution is 0.415. The number of halogens is 2. The summed E-state index contributed by atoms with van der Waals surface area (Å²) in [5.41, 5.74) is 4.02. The van der Waals surface area contributed by atoms with Crippen molar-refractivity contribution in [1.82, 2.24) is 9.78 Å². The Kier molecular flexibility index (Phi) is 4.79. The number of ether oxygens (including phenoxy) is 1. The van der Waals surface area contributed by atoms with E-state index in [2.05, 4.69) is 5.32 Å². The lowest BCUT2D eigenvalue weighted by atomic mass is 10.0. The zero-order chi connectivity index (χ0) is 18.1. The third-order valence-electron chi connectivity index (χ3n) is 4.65. The minimum atomic E-state index is 0.506. The summed E-state index contributed by atoms with van der Waals surface area (Å²) in [6.45, 7) is 0.916. The normalized spacial score (nSPS) is 13.7. The van der Waals surface area contributed by atoms with Crippen LogP contribution in [0.4, 0.5) is 5.82 Å². The molecule has 0 fully saturated rings. The summed E-state index contributed by atoms with van der Waals surface area (Å²) in [7, 11) is 1.67. The Morgan fingerprint density at radius 1 is 1.08 bits per heavy atom. The van der Waals surface area contributed by atoms with Crippen LogP contribution in [0, 0.1) is 0 Å². The van der Waals surface area contributed by atoms with E-state index >= 15 is 0 Å². The van der Waals surface area contributed by atoms with Gasteiger partial charge < -0.3 is 10.1 Å². The van der Waals surface area contributed by atoms with Crippen LogP contribution in [-0.2, 0) is 6.42 Å². The average Bonchev–Trinajstić information content (AvgIpc) is 2.85. The van der Waals surface area contributed by atoms with Gasteiger partial charge in [-0.05, 0) is 55.7 Å². The standard InChI is InChI=1S/C20H19Cl2N3O/c1-26-14-10-8-13(9-11-14)19-15-5-2-3-12-23-20(15)25(24-19)17-7-4-6-16(21)18(17)22/h4,6-11,23H,2-3,5,12H2,1H3. The predicted octanol–water partition coefficient (Wildman–Crippen LogP) is 5.60. The van der Waals surface area contributed by atoms with Crippen molar-refractivity contribution >= 4 is 29.0 Å². The fourth-order valence-electron chi connectivity index (χ4n) is 3.31. The van der Waals surface area contributed by atoms with E-state index in [0.29, 0.717) is 10.0 Å². The zero-order valence-corrected chi connectivity index (χ0v) is 15.9. The molecule has 4 rings (SSSR count). The van der Waals surface area contributed by atoms with Gasteiger partial charge in [0, 0.05) is 17.7 Å². The number of fused-ring (bicyclic) bond motifs is 1. The molecule has 0 radical (unpaired) electrons. The fraction of sp³-hybridized carbons (Fsp3) is 0.250. The van der Waals surface area contributed by atoms with Gasteiger partial charge in [-0.3, -0.25) is 0 Å². The van der Waals surface area contributed by atoms with Gasteiger partial charge in [-0.2, -0.15) is 5.10 Å². The summed E-state index contributed by atoms with van der Waals surface area (Å²) in [4.78, 5) is 0. The molecule has 0 saturated heterocycles. The number of aromatic nitrogens is 2. The first-order chi connectivity index (χ1) is 12.7. The number of nitrogens with zero attached hydrogens (tertiary/aromatic N) is 2. The van der Waals surface area contributed by atoms with Crippen molar-refractivity contribution in [2.45, 2.75) is 19.3 Å². The molecule has 134 valence electrons. The molecule has 1 N–H and O–H groups in total. The number of hydrogen-bond donors (Lipinski definition) is 1. The summed E-state index contributed by atoms with van der Waals surface area (Å²) >= 11 is 12.7. The maximum absolute atomic E-state index is 6.47. The van der Waals surface area contributed by atoms with Crippen LogP contribution in [0.1, 0.15) is 18.4 Å². The van der Waals surface area contributed by atoms with Crippen LogP contribution in [0.15, 0.2) is 42.5 Å². The van der Waals surface area contributed by atoms with Gasteiger partial charge in [0.2, 0.25) is 0 Å². The van der Waals surface area contributed by atoms with Crippen molar-refractivity contribution in [2.24, 2.45) is 0 Å². The van der Waals surface area contributed by atoms with Gasteiger partial charge in [0.1, 0.15) is 11.6 Å². The fourth-order valence-corrected chi connectivity index (χ4v) is 3.69. The highest BCUT2D eigenvalue weighted by atomic mass is 35.5. The molecular formula is C20H19Cl2N3O. The lowest BCUT2D eigenvalue weighted by Gasteiger charge is -2.11.